The molecule has 0 saturated heterocycles. The Labute approximate surface area is 128 Å². The van der Waals surface area contributed by atoms with E-state index in [1.807, 2.05) is 6.07 Å². The van der Waals surface area contributed by atoms with Crippen molar-refractivity contribution in [3.8, 4) is 0 Å². The largest absolute Gasteiger partial charge is 0.323 e. The van der Waals surface area contributed by atoms with Gasteiger partial charge in [-0.2, -0.15) is 0 Å². The van der Waals surface area contributed by atoms with Crippen LogP contribution in [-0.2, 0) is 6.54 Å². The molecule has 0 heterocycles. The first kappa shape index (κ1) is 15.7. The highest BCUT2D eigenvalue weighted by Crippen LogP contribution is 2.25. The van der Waals surface area contributed by atoms with Crippen LogP contribution in [0.1, 0.15) is 31.0 Å². The third kappa shape index (κ3) is 4.16. The van der Waals surface area contributed by atoms with E-state index in [4.69, 9.17) is 5.73 Å². The average molecular weight is 282 g/mol. The number of nitrogens with zero attached hydrogens (tertiary/aromatic N) is 1. The second-order valence-electron chi connectivity index (χ2n) is 6.07. The minimum Gasteiger partial charge on any atom is -0.323 e. The van der Waals surface area contributed by atoms with E-state index in [1.54, 1.807) is 0 Å². The molecule has 0 spiro atoms. The van der Waals surface area contributed by atoms with Crippen LogP contribution < -0.4 is 5.73 Å². The second-order valence-corrected chi connectivity index (χ2v) is 6.07. The summed E-state index contributed by atoms with van der Waals surface area (Å²) in [5, 5.41) is 0. The van der Waals surface area contributed by atoms with E-state index >= 15 is 0 Å². The van der Waals surface area contributed by atoms with Crippen molar-refractivity contribution in [1.29, 1.82) is 0 Å². The molecule has 2 N–H and O–H groups in total. The molecular formula is C19H26N2. The predicted octanol–water partition coefficient (Wildman–Crippen LogP) is 3.84. The molecule has 21 heavy (non-hydrogen) atoms. The van der Waals surface area contributed by atoms with Crippen molar-refractivity contribution in [2.75, 3.05) is 7.05 Å². The van der Waals surface area contributed by atoms with Crippen molar-refractivity contribution < 1.29 is 0 Å². The Kier molecular flexibility index (Phi) is 5.54. The number of benzene rings is 2. The van der Waals surface area contributed by atoms with Gasteiger partial charge in [-0.05, 0) is 24.1 Å². The van der Waals surface area contributed by atoms with E-state index in [1.165, 1.54) is 11.1 Å². The van der Waals surface area contributed by atoms with Gasteiger partial charge in [0.2, 0.25) is 0 Å². The maximum atomic E-state index is 6.55. The molecule has 0 aliphatic carbocycles. The van der Waals surface area contributed by atoms with Crippen molar-refractivity contribution in [3.05, 3.63) is 71.8 Å². The minimum absolute atomic E-state index is 0.0277. The van der Waals surface area contributed by atoms with E-state index in [-0.39, 0.29) is 6.04 Å². The van der Waals surface area contributed by atoms with Crippen LogP contribution in [0.2, 0.25) is 0 Å². The van der Waals surface area contributed by atoms with Gasteiger partial charge in [-0.25, -0.2) is 0 Å². The summed E-state index contributed by atoms with van der Waals surface area (Å²) >= 11 is 0. The summed E-state index contributed by atoms with van der Waals surface area (Å²) in [7, 11) is 2.17. The van der Waals surface area contributed by atoms with Crippen LogP contribution in [0.25, 0.3) is 0 Å². The van der Waals surface area contributed by atoms with Crippen LogP contribution in [0, 0.1) is 5.92 Å². The minimum atomic E-state index is 0.0277. The van der Waals surface area contributed by atoms with Gasteiger partial charge in [0.1, 0.15) is 0 Å². The molecular weight excluding hydrogens is 256 g/mol. The summed E-state index contributed by atoms with van der Waals surface area (Å²) in [6, 6.07) is 21.3. The van der Waals surface area contributed by atoms with Crippen LogP contribution in [0.15, 0.2) is 60.7 Å². The zero-order valence-electron chi connectivity index (χ0n) is 13.2. The van der Waals surface area contributed by atoms with Gasteiger partial charge in [0, 0.05) is 18.6 Å². The monoisotopic (exact) mass is 282 g/mol. The number of nitrogens with two attached hydrogens (primary N) is 1. The molecule has 2 aromatic rings. The third-order valence-corrected chi connectivity index (χ3v) is 4.02. The maximum absolute atomic E-state index is 6.55. The summed E-state index contributed by atoms with van der Waals surface area (Å²) in [5.41, 5.74) is 9.08. The Hall–Kier alpha value is -1.64. The SMILES string of the molecule is CC(C)C(C(N)c1ccccc1)N(C)Cc1ccccc1. The van der Waals surface area contributed by atoms with Crippen molar-refractivity contribution in [2.24, 2.45) is 11.7 Å². The first-order valence-electron chi connectivity index (χ1n) is 7.64. The lowest BCUT2D eigenvalue weighted by Gasteiger charge is -2.36. The van der Waals surface area contributed by atoms with Gasteiger partial charge in [-0.1, -0.05) is 74.5 Å². The fourth-order valence-electron chi connectivity index (χ4n) is 3.05. The molecule has 2 nitrogen and oxygen atoms in total. The molecule has 0 radical (unpaired) electrons. The van der Waals surface area contributed by atoms with Gasteiger partial charge in [0.05, 0.1) is 0 Å². The molecule has 2 heteroatoms. The Bertz CT molecular complexity index is 522. The lowest BCUT2D eigenvalue weighted by atomic mass is 9.90. The highest BCUT2D eigenvalue weighted by molar-refractivity contribution is 5.21. The van der Waals surface area contributed by atoms with Gasteiger partial charge in [0.25, 0.3) is 0 Å². The standard InChI is InChI=1S/C19H26N2/c1-15(2)19(18(20)17-12-8-5-9-13-17)21(3)14-16-10-6-4-7-11-16/h4-13,15,18-19H,14,20H2,1-3H3. The Morgan fingerprint density at radius 2 is 1.43 bits per heavy atom. The smallest absolute Gasteiger partial charge is 0.0455 e. The normalized spacial score (nSPS) is 14.4. The van der Waals surface area contributed by atoms with E-state index in [9.17, 15) is 0 Å². The molecule has 2 rings (SSSR count). The maximum Gasteiger partial charge on any atom is 0.0455 e. The van der Waals surface area contributed by atoms with Crippen molar-refractivity contribution in [1.82, 2.24) is 4.90 Å². The zero-order chi connectivity index (χ0) is 15.2. The van der Waals surface area contributed by atoms with Crippen LogP contribution in [0.5, 0.6) is 0 Å². The topological polar surface area (TPSA) is 29.3 Å². The molecule has 0 fully saturated rings. The molecule has 112 valence electrons. The summed E-state index contributed by atoms with van der Waals surface area (Å²) < 4.78 is 0. The summed E-state index contributed by atoms with van der Waals surface area (Å²) in [5.74, 6) is 0.494. The third-order valence-electron chi connectivity index (χ3n) is 4.02. The lowest BCUT2D eigenvalue weighted by molar-refractivity contribution is 0.156. The molecule has 0 bridgehead atoms. The Balaban J connectivity index is 2.15. The Morgan fingerprint density at radius 3 is 1.95 bits per heavy atom. The predicted molar refractivity (Wildman–Crippen MR) is 89.9 cm³/mol. The van der Waals surface area contributed by atoms with Gasteiger partial charge in [0.15, 0.2) is 0 Å². The lowest BCUT2D eigenvalue weighted by Crippen LogP contribution is -2.43. The highest BCUT2D eigenvalue weighted by Gasteiger charge is 2.26. The fourth-order valence-corrected chi connectivity index (χ4v) is 3.05. The summed E-state index contributed by atoms with van der Waals surface area (Å²) in [4.78, 5) is 2.37. The van der Waals surface area contributed by atoms with E-state index in [2.05, 4.69) is 80.4 Å². The summed E-state index contributed by atoms with van der Waals surface area (Å²) in [6.07, 6.45) is 0. The second kappa shape index (κ2) is 7.39. The quantitative estimate of drug-likeness (QED) is 0.872. The zero-order valence-corrected chi connectivity index (χ0v) is 13.2. The number of rotatable bonds is 6. The van der Waals surface area contributed by atoms with Gasteiger partial charge in [-0.15, -0.1) is 0 Å². The highest BCUT2D eigenvalue weighted by atomic mass is 15.1. The van der Waals surface area contributed by atoms with Crippen LogP contribution in [0.4, 0.5) is 0 Å². The molecule has 0 saturated carbocycles. The fraction of sp³-hybridized carbons (Fsp3) is 0.368. The molecule has 0 amide bonds. The summed E-state index contributed by atoms with van der Waals surface area (Å²) in [6.45, 7) is 5.41. The van der Waals surface area contributed by atoms with E-state index < -0.39 is 0 Å². The Morgan fingerprint density at radius 1 is 0.905 bits per heavy atom. The van der Waals surface area contributed by atoms with Crippen molar-refractivity contribution >= 4 is 0 Å². The van der Waals surface area contributed by atoms with Crippen molar-refractivity contribution in [2.45, 2.75) is 32.5 Å². The molecule has 0 aliphatic rings. The number of hydrogen-bond acceptors (Lipinski definition) is 2. The van der Waals surface area contributed by atoms with Crippen molar-refractivity contribution in [3.63, 3.8) is 0 Å². The molecule has 2 unspecified atom stereocenters. The van der Waals surface area contributed by atoms with Crippen LogP contribution in [-0.4, -0.2) is 18.0 Å². The average Bonchev–Trinajstić information content (AvgIpc) is 2.49. The number of likely N-dealkylation sites (N-methyl/N-ethyl adjacent to an activating group) is 1. The molecule has 2 atom stereocenters. The van der Waals surface area contributed by atoms with E-state index in [0.717, 1.165) is 6.54 Å². The van der Waals surface area contributed by atoms with Gasteiger partial charge >= 0.3 is 0 Å². The number of hydrogen-bond donors (Lipinski definition) is 1. The van der Waals surface area contributed by atoms with Gasteiger partial charge in [-0.3, -0.25) is 4.90 Å². The van der Waals surface area contributed by atoms with Crippen LogP contribution in [0.3, 0.4) is 0 Å². The van der Waals surface area contributed by atoms with Crippen LogP contribution >= 0.6 is 0 Å². The first-order valence-corrected chi connectivity index (χ1v) is 7.64. The van der Waals surface area contributed by atoms with E-state index in [0.29, 0.717) is 12.0 Å². The molecule has 2 aromatic carbocycles. The van der Waals surface area contributed by atoms with Gasteiger partial charge < -0.3 is 5.73 Å². The molecule has 0 aliphatic heterocycles. The molecule has 0 aromatic heterocycles. The first-order chi connectivity index (χ1) is 10.1.